The average Bonchev–Trinajstić information content (AvgIpc) is 2.79. The summed E-state index contributed by atoms with van der Waals surface area (Å²) in [6, 6.07) is 6.79. The van der Waals surface area contributed by atoms with Gasteiger partial charge in [-0.3, -0.25) is 14.5 Å². The van der Waals surface area contributed by atoms with Crippen LogP contribution in [0.3, 0.4) is 0 Å². The van der Waals surface area contributed by atoms with Crippen LogP contribution < -0.4 is 15.5 Å². The summed E-state index contributed by atoms with van der Waals surface area (Å²) in [5, 5.41) is 5.32. The molecule has 0 saturated carbocycles. The van der Waals surface area contributed by atoms with Gasteiger partial charge in [-0.25, -0.2) is 8.78 Å². The van der Waals surface area contributed by atoms with Crippen LogP contribution in [-0.4, -0.2) is 55.1 Å². The Morgan fingerprint density at radius 1 is 1.11 bits per heavy atom. The summed E-state index contributed by atoms with van der Waals surface area (Å²) in [5.74, 6) is -3.89. The molecule has 0 aliphatic carbocycles. The van der Waals surface area contributed by atoms with E-state index >= 15 is 0 Å². The number of hydrogen-bond acceptors (Lipinski definition) is 4. The number of nitrogens with zero attached hydrogens (tertiary/aromatic N) is 2. The van der Waals surface area contributed by atoms with Crippen LogP contribution in [0.1, 0.15) is 36.2 Å². The number of benzene rings is 2. The molecule has 2 amide bonds. The van der Waals surface area contributed by atoms with Crippen molar-refractivity contribution >= 4 is 34.8 Å². The number of halogens is 6. The summed E-state index contributed by atoms with van der Waals surface area (Å²) in [6.07, 6.45) is -5.14. The first-order valence-electron chi connectivity index (χ1n) is 11.2. The molecule has 196 valence electrons. The Kier molecular flexibility index (Phi) is 8.78. The summed E-state index contributed by atoms with van der Waals surface area (Å²) in [7, 11) is 0. The molecule has 0 aromatic heterocycles. The van der Waals surface area contributed by atoms with E-state index in [-0.39, 0.29) is 24.7 Å². The largest absolute Gasteiger partial charge is 0.390 e. The maximum atomic E-state index is 14.6. The third-order valence-corrected chi connectivity index (χ3v) is 6.17. The van der Waals surface area contributed by atoms with E-state index in [0.29, 0.717) is 36.0 Å². The summed E-state index contributed by atoms with van der Waals surface area (Å²) >= 11 is 6.16. The zero-order valence-electron chi connectivity index (χ0n) is 19.7. The lowest BCUT2D eigenvalue weighted by Crippen LogP contribution is -2.52. The fourth-order valence-electron chi connectivity index (χ4n) is 4.00. The molecule has 0 bridgehead atoms. The van der Waals surface area contributed by atoms with Gasteiger partial charge in [-0.15, -0.1) is 0 Å². The third-order valence-electron chi connectivity index (χ3n) is 5.93. The molecule has 1 saturated heterocycles. The highest BCUT2D eigenvalue weighted by Crippen LogP contribution is 2.32. The number of anilines is 2. The Bertz CT molecular complexity index is 1130. The minimum absolute atomic E-state index is 0.108. The zero-order chi connectivity index (χ0) is 26.6. The van der Waals surface area contributed by atoms with Gasteiger partial charge >= 0.3 is 6.18 Å². The van der Waals surface area contributed by atoms with E-state index in [2.05, 4.69) is 10.6 Å². The molecule has 3 rings (SSSR count). The number of alkyl halides is 3. The van der Waals surface area contributed by atoms with Crippen molar-refractivity contribution in [2.45, 2.75) is 39.0 Å². The first kappa shape index (κ1) is 27.7. The topological polar surface area (TPSA) is 64.7 Å². The van der Waals surface area contributed by atoms with Crippen LogP contribution in [0.15, 0.2) is 30.3 Å². The van der Waals surface area contributed by atoms with Crippen molar-refractivity contribution in [2.75, 3.05) is 36.4 Å². The monoisotopic (exact) mass is 532 g/mol. The highest BCUT2D eigenvalue weighted by atomic mass is 35.5. The van der Waals surface area contributed by atoms with Crippen molar-refractivity contribution in [1.82, 2.24) is 10.2 Å². The number of carbonyl (C=O) groups excluding carboxylic acids is 2. The van der Waals surface area contributed by atoms with Gasteiger partial charge < -0.3 is 15.5 Å². The van der Waals surface area contributed by atoms with Crippen LogP contribution in [0.4, 0.5) is 33.3 Å². The van der Waals surface area contributed by atoms with Crippen molar-refractivity contribution in [3.8, 4) is 0 Å². The standard InChI is InChI=1S/C24H26ClF5N4O2/c1-14-13-34(10-9-33(14)8-7-24(28,29)30)20-11-17(25)4-6-19(20)32-23(36)18-5-3-16(12-31-15(2)35)21(26)22(18)27/h3-6,11,14H,7-10,12-13H2,1-2H3,(H,31,35)(H,32,36)/t14-/m0/s1. The van der Waals surface area contributed by atoms with E-state index in [0.717, 1.165) is 6.07 Å². The van der Waals surface area contributed by atoms with Crippen molar-refractivity contribution in [3.63, 3.8) is 0 Å². The van der Waals surface area contributed by atoms with Crippen LogP contribution in [0, 0.1) is 11.6 Å². The smallest absolute Gasteiger partial charge is 0.367 e. The van der Waals surface area contributed by atoms with E-state index in [4.69, 9.17) is 11.6 Å². The minimum Gasteiger partial charge on any atom is -0.367 e. The second-order valence-corrected chi connectivity index (χ2v) is 9.06. The van der Waals surface area contributed by atoms with Gasteiger partial charge in [0, 0.05) is 56.3 Å². The van der Waals surface area contributed by atoms with Gasteiger partial charge in [0.2, 0.25) is 5.91 Å². The molecule has 1 aliphatic rings. The van der Waals surface area contributed by atoms with E-state index < -0.39 is 41.6 Å². The predicted octanol–water partition coefficient (Wildman–Crippen LogP) is 4.97. The Morgan fingerprint density at radius 3 is 2.47 bits per heavy atom. The van der Waals surface area contributed by atoms with E-state index in [1.165, 1.54) is 25.1 Å². The molecule has 1 aliphatic heterocycles. The van der Waals surface area contributed by atoms with E-state index in [9.17, 15) is 31.5 Å². The Balaban J connectivity index is 1.76. The molecule has 0 radical (unpaired) electrons. The van der Waals surface area contributed by atoms with Gasteiger partial charge in [0.05, 0.1) is 23.4 Å². The third kappa shape index (κ3) is 7.07. The van der Waals surface area contributed by atoms with Crippen LogP contribution in [0.5, 0.6) is 0 Å². The lowest BCUT2D eigenvalue weighted by atomic mass is 10.1. The van der Waals surface area contributed by atoms with Crippen LogP contribution in [-0.2, 0) is 11.3 Å². The Labute approximate surface area is 210 Å². The van der Waals surface area contributed by atoms with Crippen molar-refractivity contribution in [1.29, 1.82) is 0 Å². The van der Waals surface area contributed by atoms with Gasteiger partial charge in [0.1, 0.15) is 0 Å². The van der Waals surface area contributed by atoms with E-state index in [1.807, 2.05) is 11.8 Å². The molecule has 12 heteroatoms. The van der Waals surface area contributed by atoms with Crippen molar-refractivity contribution < 1.29 is 31.5 Å². The lowest BCUT2D eigenvalue weighted by molar-refractivity contribution is -0.139. The second-order valence-electron chi connectivity index (χ2n) is 8.62. The number of nitrogens with one attached hydrogen (secondary N) is 2. The zero-order valence-corrected chi connectivity index (χ0v) is 20.4. The maximum absolute atomic E-state index is 14.6. The highest BCUT2D eigenvalue weighted by molar-refractivity contribution is 6.31. The molecular formula is C24H26ClF5N4O2. The number of rotatable bonds is 7. The maximum Gasteiger partial charge on any atom is 0.390 e. The molecule has 2 aromatic rings. The number of piperazine rings is 1. The van der Waals surface area contributed by atoms with Gasteiger partial charge in [-0.05, 0) is 31.2 Å². The first-order chi connectivity index (χ1) is 16.9. The minimum atomic E-state index is -4.24. The van der Waals surface area contributed by atoms with Crippen LogP contribution >= 0.6 is 11.6 Å². The van der Waals surface area contributed by atoms with Crippen molar-refractivity contribution in [2.24, 2.45) is 0 Å². The summed E-state index contributed by atoms with van der Waals surface area (Å²) < 4.78 is 67.0. The van der Waals surface area contributed by atoms with E-state index in [1.54, 1.807) is 11.0 Å². The molecule has 0 spiro atoms. The fraction of sp³-hybridized carbons (Fsp3) is 0.417. The molecule has 2 N–H and O–H groups in total. The van der Waals surface area contributed by atoms with Gasteiger partial charge in [-0.1, -0.05) is 17.7 Å². The normalized spacial score (nSPS) is 16.7. The Hall–Kier alpha value is -2.92. The molecule has 6 nitrogen and oxygen atoms in total. The van der Waals surface area contributed by atoms with Crippen LogP contribution in [0.2, 0.25) is 5.02 Å². The summed E-state index contributed by atoms with van der Waals surface area (Å²) in [4.78, 5) is 27.5. The number of amides is 2. The number of carbonyl (C=O) groups is 2. The second kappa shape index (κ2) is 11.4. The molecule has 1 atom stereocenters. The van der Waals surface area contributed by atoms with Gasteiger partial charge in [-0.2, -0.15) is 13.2 Å². The quantitative estimate of drug-likeness (QED) is 0.494. The summed E-state index contributed by atoms with van der Waals surface area (Å²) in [6.45, 7) is 3.84. The highest BCUT2D eigenvalue weighted by Gasteiger charge is 2.31. The Morgan fingerprint density at radius 2 is 1.83 bits per heavy atom. The predicted molar refractivity (Wildman–Crippen MR) is 127 cm³/mol. The molecule has 2 aromatic carbocycles. The lowest BCUT2D eigenvalue weighted by Gasteiger charge is -2.41. The fourth-order valence-corrected chi connectivity index (χ4v) is 4.17. The average molecular weight is 533 g/mol. The van der Waals surface area contributed by atoms with Crippen molar-refractivity contribution in [3.05, 3.63) is 58.1 Å². The molecular weight excluding hydrogens is 507 g/mol. The summed E-state index contributed by atoms with van der Waals surface area (Å²) in [5.41, 5.74) is 0.179. The van der Waals surface area contributed by atoms with Crippen LogP contribution in [0.25, 0.3) is 0 Å². The molecule has 0 unspecified atom stereocenters. The first-order valence-corrected chi connectivity index (χ1v) is 11.6. The van der Waals surface area contributed by atoms with Gasteiger partial charge in [0.15, 0.2) is 11.6 Å². The molecule has 1 fully saturated rings. The SMILES string of the molecule is CC(=O)NCc1ccc(C(=O)Nc2ccc(Cl)cc2N2CCN(CCC(F)(F)F)[C@@H](C)C2)c(F)c1F. The van der Waals surface area contributed by atoms with Gasteiger partial charge in [0.25, 0.3) is 5.91 Å². The molecule has 36 heavy (non-hydrogen) atoms. The number of hydrogen-bond donors (Lipinski definition) is 2. The molecule has 1 heterocycles.